The van der Waals surface area contributed by atoms with Gasteiger partial charge in [0.05, 0.1) is 0 Å². The van der Waals surface area contributed by atoms with Gasteiger partial charge in [-0.05, 0) is 43.3 Å². The summed E-state index contributed by atoms with van der Waals surface area (Å²) >= 11 is 5.33. The molecule has 2 aromatic rings. The SMILES string of the molecule is CCNC(CSc1cccc(Br)c1)c1c(C)ccnc1N. The normalized spacial score (nSPS) is 12.3. The van der Waals surface area contributed by atoms with Crippen molar-refractivity contribution in [3.05, 3.63) is 52.1 Å². The lowest BCUT2D eigenvalue weighted by Gasteiger charge is -2.21. The molecule has 0 aliphatic rings. The Morgan fingerprint density at radius 1 is 1.38 bits per heavy atom. The van der Waals surface area contributed by atoms with Crippen LogP contribution in [0.4, 0.5) is 5.82 Å². The van der Waals surface area contributed by atoms with Crippen LogP contribution < -0.4 is 11.1 Å². The minimum atomic E-state index is 0.202. The molecule has 0 bridgehead atoms. The second kappa shape index (κ2) is 7.82. The summed E-state index contributed by atoms with van der Waals surface area (Å²) in [6.45, 7) is 5.09. The molecule has 0 radical (unpaired) electrons. The van der Waals surface area contributed by atoms with Gasteiger partial charge in [0.25, 0.3) is 0 Å². The second-order valence-electron chi connectivity index (χ2n) is 4.81. The minimum absolute atomic E-state index is 0.202. The van der Waals surface area contributed by atoms with Crippen LogP contribution in [0.25, 0.3) is 0 Å². The van der Waals surface area contributed by atoms with E-state index in [2.05, 4.69) is 58.3 Å². The zero-order valence-corrected chi connectivity index (χ0v) is 14.7. The third-order valence-corrected chi connectivity index (χ3v) is 4.83. The number of pyridine rings is 1. The number of nitrogens with one attached hydrogen (secondary N) is 1. The van der Waals surface area contributed by atoms with Crippen molar-refractivity contribution in [1.82, 2.24) is 10.3 Å². The van der Waals surface area contributed by atoms with E-state index in [1.807, 2.05) is 23.9 Å². The van der Waals surface area contributed by atoms with E-state index in [0.717, 1.165) is 22.3 Å². The highest BCUT2D eigenvalue weighted by atomic mass is 79.9. The summed E-state index contributed by atoms with van der Waals surface area (Å²) in [5.74, 6) is 1.54. The summed E-state index contributed by atoms with van der Waals surface area (Å²) in [7, 11) is 0. The quantitative estimate of drug-likeness (QED) is 0.753. The van der Waals surface area contributed by atoms with Crippen LogP contribution in [0.5, 0.6) is 0 Å². The average molecular weight is 366 g/mol. The van der Waals surface area contributed by atoms with Gasteiger partial charge in [-0.2, -0.15) is 0 Å². The van der Waals surface area contributed by atoms with Crippen LogP contribution in [0.3, 0.4) is 0 Å². The smallest absolute Gasteiger partial charge is 0.128 e. The maximum Gasteiger partial charge on any atom is 0.128 e. The first-order valence-corrected chi connectivity index (χ1v) is 8.72. The lowest BCUT2D eigenvalue weighted by molar-refractivity contribution is 0.603. The molecule has 1 heterocycles. The molecule has 112 valence electrons. The van der Waals surface area contributed by atoms with Crippen molar-refractivity contribution in [2.24, 2.45) is 0 Å². The molecule has 0 saturated heterocycles. The number of halogens is 1. The Morgan fingerprint density at radius 2 is 2.19 bits per heavy atom. The van der Waals surface area contributed by atoms with Crippen molar-refractivity contribution in [3.8, 4) is 0 Å². The van der Waals surface area contributed by atoms with E-state index in [9.17, 15) is 0 Å². The zero-order chi connectivity index (χ0) is 15.2. The molecule has 1 unspecified atom stereocenters. The maximum atomic E-state index is 6.08. The van der Waals surface area contributed by atoms with Crippen LogP contribution in [0.1, 0.15) is 24.1 Å². The van der Waals surface area contributed by atoms with Crippen LogP contribution in [0.2, 0.25) is 0 Å². The van der Waals surface area contributed by atoms with Crippen LogP contribution in [-0.2, 0) is 0 Å². The summed E-state index contributed by atoms with van der Waals surface area (Å²) in [6.07, 6.45) is 1.76. The Hall–Kier alpha value is -1.04. The molecule has 3 nitrogen and oxygen atoms in total. The monoisotopic (exact) mass is 365 g/mol. The molecule has 0 spiro atoms. The Labute approximate surface area is 138 Å². The summed E-state index contributed by atoms with van der Waals surface area (Å²) in [5.41, 5.74) is 8.37. The van der Waals surface area contributed by atoms with Gasteiger partial charge in [0.15, 0.2) is 0 Å². The number of aromatic nitrogens is 1. The van der Waals surface area contributed by atoms with E-state index >= 15 is 0 Å². The highest BCUT2D eigenvalue weighted by molar-refractivity contribution is 9.10. The van der Waals surface area contributed by atoms with Crippen molar-refractivity contribution in [3.63, 3.8) is 0 Å². The number of thioether (sulfide) groups is 1. The predicted molar refractivity (Wildman–Crippen MR) is 94.7 cm³/mol. The van der Waals surface area contributed by atoms with Gasteiger partial charge in [-0.1, -0.05) is 28.9 Å². The van der Waals surface area contributed by atoms with Crippen LogP contribution in [0.15, 0.2) is 45.9 Å². The van der Waals surface area contributed by atoms with Gasteiger partial charge >= 0.3 is 0 Å². The molecule has 0 amide bonds. The van der Waals surface area contributed by atoms with Gasteiger partial charge in [-0.15, -0.1) is 11.8 Å². The number of nitrogens with zero attached hydrogens (tertiary/aromatic N) is 1. The van der Waals surface area contributed by atoms with E-state index in [-0.39, 0.29) is 6.04 Å². The zero-order valence-electron chi connectivity index (χ0n) is 12.3. The first kappa shape index (κ1) is 16.3. The highest BCUT2D eigenvalue weighted by Crippen LogP contribution is 2.30. The first-order valence-electron chi connectivity index (χ1n) is 6.94. The second-order valence-corrected chi connectivity index (χ2v) is 6.81. The third kappa shape index (κ3) is 4.46. The van der Waals surface area contributed by atoms with E-state index in [4.69, 9.17) is 5.73 Å². The van der Waals surface area contributed by atoms with Gasteiger partial charge in [0.1, 0.15) is 5.82 Å². The van der Waals surface area contributed by atoms with Gasteiger partial charge in [-0.3, -0.25) is 0 Å². The van der Waals surface area contributed by atoms with Crippen LogP contribution in [-0.4, -0.2) is 17.3 Å². The number of aryl methyl sites for hydroxylation is 1. The van der Waals surface area contributed by atoms with Gasteiger partial charge in [-0.25, -0.2) is 4.98 Å². The number of nitrogen functional groups attached to an aromatic ring is 1. The average Bonchev–Trinajstić information content (AvgIpc) is 2.44. The van der Waals surface area contributed by atoms with Crippen molar-refractivity contribution in [2.45, 2.75) is 24.8 Å². The Balaban J connectivity index is 2.16. The van der Waals surface area contributed by atoms with Crippen LogP contribution >= 0.6 is 27.7 Å². The van der Waals surface area contributed by atoms with Crippen molar-refractivity contribution in [2.75, 3.05) is 18.0 Å². The Morgan fingerprint density at radius 3 is 2.86 bits per heavy atom. The lowest BCUT2D eigenvalue weighted by atomic mass is 10.0. The number of benzene rings is 1. The molecule has 0 saturated carbocycles. The number of hydrogen-bond acceptors (Lipinski definition) is 4. The Kier molecular flexibility index (Phi) is 6.08. The molecule has 1 aromatic carbocycles. The summed E-state index contributed by atoms with van der Waals surface area (Å²) < 4.78 is 1.10. The minimum Gasteiger partial charge on any atom is -0.383 e. The van der Waals surface area contributed by atoms with Gasteiger partial charge in [0, 0.05) is 32.9 Å². The summed E-state index contributed by atoms with van der Waals surface area (Å²) in [6, 6.07) is 10.6. The number of nitrogens with two attached hydrogens (primary N) is 1. The van der Waals surface area contributed by atoms with Gasteiger partial charge < -0.3 is 11.1 Å². The number of rotatable bonds is 6. The molecule has 2 rings (SSSR count). The molecule has 0 fully saturated rings. The molecule has 5 heteroatoms. The molecule has 0 aliphatic heterocycles. The fraction of sp³-hybridized carbons (Fsp3) is 0.312. The molecular weight excluding hydrogens is 346 g/mol. The molecule has 1 atom stereocenters. The fourth-order valence-electron chi connectivity index (χ4n) is 2.27. The van der Waals surface area contributed by atoms with E-state index < -0.39 is 0 Å². The topological polar surface area (TPSA) is 50.9 Å². The standard InChI is InChI=1S/C16H20BrN3S/c1-3-19-14(15-11(2)7-8-20-16(15)18)10-21-13-6-4-5-12(17)9-13/h4-9,14,19H,3,10H2,1-2H3,(H2,18,20). The molecule has 3 N–H and O–H groups in total. The molecule has 21 heavy (non-hydrogen) atoms. The number of anilines is 1. The van der Waals surface area contributed by atoms with Crippen molar-refractivity contribution in [1.29, 1.82) is 0 Å². The summed E-state index contributed by atoms with van der Waals surface area (Å²) in [4.78, 5) is 5.48. The highest BCUT2D eigenvalue weighted by Gasteiger charge is 2.17. The van der Waals surface area contributed by atoms with Gasteiger partial charge in [0.2, 0.25) is 0 Å². The predicted octanol–water partition coefficient (Wildman–Crippen LogP) is 4.18. The maximum absolute atomic E-state index is 6.08. The first-order chi connectivity index (χ1) is 10.1. The third-order valence-electron chi connectivity index (χ3n) is 3.25. The fourth-order valence-corrected chi connectivity index (χ4v) is 3.85. The summed E-state index contributed by atoms with van der Waals surface area (Å²) in [5, 5.41) is 3.51. The molecule has 0 aliphatic carbocycles. The van der Waals surface area contributed by atoms with E-state index in [1.165, 1.54) is 10.5 Å². The molecular formula is C16H20BrN3S. The largest absolute Gasteiger partial charge is 0.383 e. The van der Waals surface area contributed by atoms with Crippen LogP contribution in [0, 0.1) is 6.92 Å². The van der Waals surface area contributed by atoms with Crippen molar-refractivity contribution < 1.29 is 0 Å². The lowest BCUT2D eigenvalue weighted by Crippen LogP contribution is -2.25. The van der Waals surface area contributed by atoms with E-state index in [1.54, 1.807) is 6.20 Å². The Bertz CT molecular complexity index is 584. The van der Waals surface area contributed by atoms with Crippen molar-refractivity contribution >= 4 is 33.5 Å². The van der Waals surface area contributed by atoms with E-state index in [0.29, 0.717) is 5.82 Å². The molecule has 1 aromatic heterocycles. The number of hydrogen-bond donors (Lipinski definition) is 2.